The molecule has 0 bridgehead atoms. The number of hydrogen-bond acceptors (Lipinski definition) is 5. The Bertz CT molecular complexity index is 1730. The van der Waals surface area contributed by atoms with E-state index in [0.29, 0.717) is 22.6 Å². The number of hydrazine groups is 1. The molecule has 0 aliphatic carbocycles. The number of benzene rings is 3. The third-order valence-corrected chi connectivity index (χ3v) is 8.37. The second kappa shape index (κ2) is 11.3. The minimum atomic E-state index is -4.40. The van der Waals surface area contributed by atoms with Gasteiger partial charge < -0.3 is 0 Å². The molecule has 1 aromatic heterocycles. The summed E-state index contributed by atoms with van der Waals surface area (Å²) in [6.07, 6.45) is -0.715. The van der Waals surface area contributed by atoms with Crippen molar-refractivity contribution in [3.63, 3.8) is 0 Å². The van der Waals surface area contributed by atoms with E-state index in [1.807, 2.05) is 31.2 Å². The molecule has 8 nitrogen and oxygen atoms in total. The predicted molar refractivity (Wildman–Crippen MR) is 162 cm³/mol. The van der Waals surface area contributed by atoms with E-state index >= 15 is 0 Å². The quantitative estimate of drug-likeness (QED) is 0.236. The van der Waals surface area contributed by atoms with Crippen molar-refractivity contribution in [2.75, 3.05) is 10.7 Å². The lowest BCUT2D eigenvalue weighted by molar-refractivity contribution is -0.137. The Hall–Kier alpha value is -4.42. The molecule has 2 atom stereocenters. The maximum atomic E-state index is 12.9. The van der Waals surface area contributed by atoms with Gasteiger partial charge in [-0.2, -0.15) is 18.2 Å². The minimum Gasteiger partial charge on any atom is -0.292 e. The van der Waals surface area contributed by atoms with Crippen LogP contribution in [0.15, 0.2) is 89.8 Å². The van der Waals surface area contributed by atoms with Crippen molar-refractivity contribution in [3.8, 4) is 17.1 Å². The summed E-state index contributed by atoms with van der Waals surface area (Å²) in [6.45, 7) is 6.14. The van der Waals surface area contributed by atoms with Gasteiger partial charge in [0.2, 0.25) is 0 Å². The van der Waals surface area contributed by atoms with E-state index < -0.39 is 17.8 Å². The number of nitrogens with one attached hydrogen (secondary N) is 2. The smallest absolute Gasteiger partial charge is 0.292 e. The molecule has 2 amide bonds. The number of amides is 2. The van der Waals surface area contributed by atoms with Gasteiger partial charge in [-0.25, -0.2) is 19.9 Å². The van der Waals surface area contributed by atoms with E-state index in [9.17, 15) is 18.0 Å². The van der Waals surface area contributed by atoms with E-state index in [2.05, 4.69) is 68.9 Å². The molecule has 2 aliphatic heterocycles. The van der Waals surface area contributed by atoms with Gasteiger partial charge in [-0.15, -0.1) is 5.10 Å². The van der Waals surface area contributed by atoms with Crippen LogP contribution in [0.5, 0.6) is 0 Å². The van der Waals surface area contributed by atoms with Gasteiger partial charge in [-0.05, 0) is 60.9 Å². The number of halogens is 3. The topological polar surface area (TPSA) is 87.4 Å². The van der Waals surface area contributed by atoms with E-state index in [0.717, 1.165) is 46.0 Å². The highest BCUT2D eigenvalue weighted by Crippen LogP contribution is 2.43. The monoisotopic (exact) mass is 603 g/mol. The number of thioether (sulfide) groups is 1. The number of aromatic nitrogens is 3. The van der Waals surface area contributed by atoms with Gasteiger partial charge in [0.25, 0.3) is 0 Å². The van der Waals surface area contributed by atoms with Crippen molar-refractivity contribution < 1.29 is 18.0 Å². The molecule has 2 aliphatic rings. The number of hydrogen-bond donors (Lipinski definition) is 2. The van der Waals surface area contributed by atoms with Crippen LogP contribution < -0.4 is 15.8 Å². The van der Waals surface area contributed by atoms with Crippen LogP contribution in [0.4, 0.5) is 23.7 Å². The van der Waals surface area contributed by atoms with Crippen molar-refractivity contribution in [1.82, 2.24) is 25.6 Å². The molecule has 2 unspecified atom stereocenters. The summed E-state index contributed by atoms with van der Waals surface area (Å²) in [5.74, 6) is 1.50. The molecule has 0 radical (unpaired) electrons. The predicted octanol–water partition coefficient (Wildman–Crippen LogP) is 7.15. The number of carbonyl (C=O) groups excluding carboxylic acids is 1. The summed E-state index contributed by atoms with van der Waals surface area (Å²) in [4.78, 5) is 23.5. The number of alkyl halides is 3. The van der Waals surface area contributed by atoms with E-state index in [1.165, 1.54) is 40.5 Å². The van der Waals surface area contributed by atoms with Gasteiger partial charge in [0.1, 0.15) is 6.33 Å². The summed E-state index contributed by atoms with van der Waals surface area (Å²) in [6, 6.07) is 17.9. The zero-order valence-corrected chi connectivity index (χ0v) is 24.4. The molecule has 2 N–H and O–H groups in total. The third-order valence-electron chi connectivity index (χ3n) is 7.40. The highest BCUT2D eigenvalue weighted by Gasteiger charge is 2.33. The van der Waals surface area contributed by atoms with Crippen molar-refractivity contribution in [1.29, 1.82) is 0 Å². The largest absolute Gasteiger partial charge is 0.416 e. The summed E-state index contributed by atoms with van der Waals surface area (Å²) in [7, 11) is 0. The Balaban J connectivity index is 1.08. The molecule has 3 aromatic carbocycles. The number of fused-ring (bicyclic) bond motifs is 3. The van der Waals surface area contributed by atoms with Crippen molar-refractivity contribution >= 4 is 28.6 Å². The first-order chi connectivity index (χ1) is 20.6. The minimum absolute atomic E-state index is 0.221. The van der Waals surface area contributed by atoms with E-state index in [1.54, 1.807) is 0 Å². The van der Waals surface area contributed by atoms with Crippen LogP contribution in [-0.2, 0) is 6.18 Å². The average Bonchev–Trinajstić information content (AvgIpc) is 3.63. The standard InChI is InChI=1S/C31H28F3N7OS/c1-18-4-13-26-19(2)15-25-16-43-30(41(25)27(26)14-18)36-29(42)38-37-20(3)21-5-7-22(8-6-21)28-35-17-40(39-28)24-11-9-23(10-12-24)31(32,33)34/h4-15,17,19-20,37H,16H2,1-3H3,(H,38,42). The highest BCUT2D eigenvalue weighted by atomic mass is 32.2. The number of aliphatic imine (C=N–C) groups is 1. The van der Waals surface area contributed by atoms with Crippen LogP contribution in [0.25, 0.3) is 17.1 Å². The molecule has 43 heavy (non-hydrogen) atoms. The lowest BCUT2D eigenvalue weighted by Crippen LogP contribution is -2.38. The summed E-state index contributed by atoms with van der Waals surface area (Å²) >= 11 is 1.54. The Morgan fingerprint density at radius 2 is 1.84 bits per heavy atom. The number of aryl methyl sites for hydroxylation is 1. The number of amidine groups is 1. The molecule has 0 spiro atoms. The zero-order valence-electron chi connectivity index (χ0n) is 23.6. The average molecular weight is 604 g/mol. The Morgan fingerprint density at radius 1 is 1.09 bits per heavy atom. The molecule has 6 rings (SSSR count). The van der Waals surface area contributed by atoms with Gasteiger partial charge in [0.15, 0.2) is 11.0 Å². The Labute approximate surface area is 250 Å². The maximum Gasteiger partial charge on any atom is 0.416 e. The van der Waals surface area contributed by atoms with E-state index in [-0.39, 0.29) is 6.04 Å². The molecule has 1 saturated heterocycles. The van der Waals surface area contributed by atoms with Gasteiger partial charge in [-0.1, -0.05) is 61.2 Å². The van der Waals surface area contributed by atoms with Crippen LogP contribution in [0.1, 0.15) is 48.1 Å². The van der Waals surface area contributed by atoms with Crippen molar-refractivity contribution in [2.45, 2.75) is 38.9 Å². The van der Waals surface area contributed by atoms with Crippen LogP contribution >= 0.6 is 11.8 Å². The van der Waals surface area contributed by atoms with Gasteiger partial charge in [-0.3, -0.25) is 10.3 Å². The maximum absolute atomic E-state index is 12.9. The number of carbonyl (C=O) groups is 1. The number of anilines is 1. The van der Waals surface area contributed by atoms with Gasteiger partial charge in [0.05, 0.1) is 16.9 Å². The molecule has 3 heterocycles. The molecular weight excluding hydrogens is 575 g/mol. The number of urea groups is 1. The molecular formula is C31H28F3N7OS. The SMILES string of the molecule is Cc1ccc2c(c1)N1C(=CC2C)CSC1=NC(=O)NNC(C)c1ccc(-c2ncn(-c3ccc(C(F)(F)F)cc3)n2)cc1. The summed E-state index contributed by atoms with van der Waals surface area (Å²) in [5.41, 5.74) is 11.7. The fourth-order valence-electron chi connectivity index (χ4n) is 5.08. The molecule has 1 fully saturated rings. The number of nitrogens with zero attached hydrogens (tertiary/aromatic N) is 5. The number of allylic oxidation sites excluding steroid dienone is 1. The van der Waals surface area contributed by atoms with E-state index in [4.69, 9.17) is 0 Å². The zero-order chi connectivity index (χ0) is 30.3. The lowest BCUT2D eigenvalue weighted by atomic mass is 9.93. The Kier molecular flexibility index (Phi) is 7.57. The summed E-state index contributed by atoms with van der Waals surface area (Å²) in [5, 5.41) is 5.05. The molecule has 220 valence electrons. The third kappa shape index (κ3) is 5.93. The lowest BCUT2D eigenvalue weighted by Gasteiger charge is -2.30. The fraction of sp³-hybridized carbons (Fsp3) is 0.226. The first-order valence-electron chi connectivity index (χ1n) is 13.6. The normalized spacial score (nSPS) is 17.8. The van der Waals surface area contributed by atoms with Crippen LogP contribution in [-0.4, -0.2) is 31.7 Å². The van der Waals surface area contributed by atoms with Crippen LogP contribution in [0.3, 0.4) is 0 Å². The number of rotatable bonds is 5. The second-order valence-corrected chi connectivity index (χ2v) is 11.4. The first kappa shape index (κ1) is 28.7. The van der Waals surface area contributed by atoms with Crippen molar-refractivity contribution in [2.24, 2.45) is 4.99 Å². The van der Waals surface area contributed by atoms with Gasteiger partial charge >= 0.3 is 12.2 Å². The fourth-order valence-corrected chi connectivity index (χ4v) is 6.07. The highest BCUT2D eigenvalue weighted by molar-refractivity contribution is 8.14. The Morgan fingerprint density at radius 3 is 2.56 bits per heavy atom. The van der Waals surface area contributed by atoms with Crippen LogP contribution in [0.2, 0.25) is 0 Å². The molecule has 0 saturated carbocycles. The molecule has 4 aromatic rings. The van der Waals surface area contributed by atoms with Crippen LogP contribution in [0, 0.1) is 6.92 Å². The van der Waals surface area contributed by atoms with Crippen molar-refractivity contribution in [3.05, 3.63) is 107 Å². The first-order valence-corrected chi connectivity index (χ1v) is 14.6. The van der Waals surface area contributed by atoms with Gasteiger partial charge in [0, 0.05) is 29.0 Å². The second-order valence-electron chi connectivity index (χ2n) is 10.5. The molecule has 12 heteroatoms. The summed E-state index contributed by atoms with van der Waals surface area (Å²) < 4.78 is 40.0.